The number of nitrogens with one attached hydrogen (secondary N) is 6. The molecule has 0 saturated heterocycles. The van der Waals surface area contributed by atoms with Crippen LogP contribution in [0.25, 0.3) is 22.3 Å². The van der Waals surface area contributed by atoms with Gasteiger partial charge in [0.25, 0.3) is 11.5 Å². The highest BCUT2D eigenvalue weighted by Crippen LogP contribution is 2.48. The summed E-state index contributed by atoms with van der Waals surface area (Å²) in [5, 5.41) is 27.7. The number of amides is 6. The van der Waals surface area contributed by atoms with Crippen molar-refractivity contribution in [2.24, 2.45) is 0 Å². The molecule has 19 nitrogen and oxygen atoms in total. The van der Waals surface area contributed by atoms with E-state index in [1.165, 1.54) is 17.6 Å². The van der Waals surface area contributed by atoms with E-state index in [1.807, 2.05) is 0 Å². The van der Waals surface area contributed by atoms with Gasteiger partial charge in [0, 0.05) is 35.9 Å². The minimum atomic E-state index is -2.05. The van der Waals surface area contributed by atoms with Gasteiger partial charge in [0.1, 0.15) is 30.8 Å². The summed E-state index contributed by atoms with van der Waals surface area (Å²) < 4.78 is 28.3. The van der Waals surface area contributed by atoms with Gasteiger partial charge in [0.2, 0.25) is 29.5 Å². The van der Waals surface area contributed by atoms with Gasteiger partial charge >= 0.3 is 5.97 Å². The van der Waals surface area contributed by atoms with Crippen LogP contribution in [-0.2, 0) is 74.6 Å². The molecule has 0 radical (unpaired) electrons. The fourth-order valence-corrected chi connectivity index (χ4v) is 9.38. The first kappa shape index (κ1) is 46.5. The first-order chi connectivity index (χ1) is 32.0. The van der Waals surface area contributed by atoms with E-state index in [0.717, 1.165) is 11.1 Å². The molecule has 7 N–H and O–H groups in total. The summed E-state index contributed by atoms with van der Waals surface area (Å²) in [5.41, 5.74) is 1.41. The Balaban J connectivity index is 0.941. The van der Waals surface area contributed by atoms with Crippen molar-refractivity contribution >= 4 is 52.3 Å². The largest absolute Gasteiger partial charge is 0.458 e. The highest BCUT2D eigenvalue weighted by Gasteiger charge is 2.53. The fourth-order valence-electron chi connectivity index (χ4n) is 9.38. The second-order valence-corrected chi connectivity index (χ2v) is 17.4. The van der Waals surface area contributed by atoms with Crippen LogP contribution in [0.5, 0.6) is 0 Å². The van der Waals surface area contributed by atoms with Gasteiger partial charge in [-0.15, -0.1) is 0 Å². The van der Waals surface area contributed by atoms with Crippen LogP contribution in [0.1, 0.15) is 90.1 Å². The van der Waals surface area contributed by atoms with Crippen molar-refractivity contribution < 1.29 is 52.5 Å². The Morgan fingerprint density at radius 3 is 2.34 bits per heavy atom. The van der Waals surface area contributed by atoms with E-state index < -0.39 is 89.2 Å². The molecule has 2 aromatic heterocycles. The number of aliphatic hydroxyl groups is 1. The van der Waals surface area contributed by atoms with E-state index in [0.29, 0.717) is 70.2 Å². The standard InChI is InChI=1S/C47H51FN8O11/c1-5-47(65)39-24(3)41-40-28(20-56(41)43(62)29(39)21-66-45(47)64)38-31(12-11-27-23(2)30(48)16-32(54-40)37(27)38)55-44(63)46(13-14-46)67-22-52-35(59)18-51-42(61)33(15-26-9-7-6-8-10-26)53-36(60)19-50-34(58)17-49-25(4)57/h6-10,16,31,33,65H,5,11-15,17-22H2,1-4H3,(H,49,57)(H,50,58)(H,51,61)(H,52,59)(H,53,60)(H,55,63)/t31-,33-,47-/m0/s1. The van der Waals surface area contributed by atoms with Crippen LogP contribution in [0.4, 0.5) is 4.39 Å². The van der Waals surface area contributed by atoms with Crippen LogP contribution < -0.4 is 37.5 Å². The number of nitrogens with zero attached hydrogens (tertiary/aromatic N) is 2. The number of aryl methyl sites for hydroxylation is 1. The van der Waals surface area contributed by atoms with Crippen molar-refractivity contribution in [2.75, 3.05) is 26.4 Å². The van der Waals surface area contributed by atoms with Crippen molar-refractivity contribution in [1.82, 2.24) is 41.5 Å². The predicted octanol–water partition coefficient (Wildman–Crippen LogP) is 0.658. The third-order valence-electron chi connectivity index (χ3n) is 13.1. The van der Waals surface area contributed by atoms with Gasteiger partial charge in [0.15, 0.2) is 5.60 Å². The number of esters is 1. The molecular formula is C47H51FN8O11. The molecule has 2 aliphatic heterocycles. The highest BCUT2D eigenvalue weighted by atomic mass is 19.1. The summed E-state index contributed by atoms with van der Waals surface area (Å²) in [4.78, 5) is 108. The molecule has 20 heteroatoms. The van der Waals surface area contributed by atoms with Crippen LogP contribution in [0.2, 0.25) is 0 Å². The zero-order chi connectivity index (χ0) is 47.9. The molecule has 1 fully saturated rings. The number of cyclic esters (lactones) is 1. The second kappa shape index (κ2) is 18.3. The summed E-state index contributed by atoms with van der Waals surface area (Å²) in [6.07, 6.45) is 1.55. The minimum Gasteiger partial charge on any atom is -0.458 e. The monoisotopic (exact) mass is 922 g/mol. The third kappa shape index (κ3) is 8.85. The lowest BCUT2D eigenvalue weighted by atomic mass is 9.80. The molecule has 352 valence electrons. The quantitative estimate of drug-likeness (QED) is 0.0532. The number of carbonyl (C=O) groups excluding carboxylic acids is 7. The molecule has 0 spiro atoms. The number of carbonyl (C=O) groups is 7. The van der Waals surface area contributed by atoms with Gasteiger partial charge in [0.05, 0.1) is 54.7 Å². The molecular weight excluding hydrogens is 872 g/mol. The number of pyridine rings is 2. The summed E-state index contributed by atoms with van der Waals surface area (Å²) in [7, 11) is 0. The number of hydrogen-bond donors (Lipinski definition) is 7. The SMILES string of the molecule is CC[C@@]1(O)C(=O)OCc2c1c(C)c1n(c2=O)Cc2c-1nc1cc(F)c(C)c3c1c2[C@@H](NC(=O)C1(OCNC(=O)CNC(=O)[C@H](Cc2ccccc2)NC(=O)CNC(=O)CNC(C)=O)CC1)CC3. The molecule has 8 rings (SSSR count). The Morgan fingerprint density at radius 2 is 1.64 bits per heavy atom. The Labute approximate surface area is 382 Å². The maximum Gasteiger partial charge on any atom is 0.343 e. The number of aromatic nitrogens is 2. The lowest BCUT2D eigenvalue weighted by Gasteiger charge is -2.33. The number of benzene rings is 2. The molecule has 0 unspecified atom stereocenters. The van der Waals surface area contributed by atoms with Crippen LogP contribution in [-0.4, -0.2) is 94.1 Å². The first-order valence-electron chi connectivity index (χ1n) is 22.1. The zero-order valence-corrected chi connectivity index (χ0v) is 37.4. The molecule has 4 heterocycles. The molecule has 1 saturated carbocycles. The van der Waals surface area contributed by atoms with E-state index in [2.05, 4.69) is 31.9 Å². The molecule has 4 aromatic rings. The minimum absolute atomic E-state index is 0.0384. The van der Waals surface area contributed by atoms with Crippen LogP contribution in [0.15, 0.2) is 41.2 Å². The summed E-state index contributed by atoms with van der Waals surface area (Å²) in [5.74, 6) is -4.74. The van der Waals surface area contributed by atoms with Gasteiger partial charge in [-0.3, -0.25) is 33.6 Å². The van der Waals surface area contributed by atoms with Crippen LogP contribution in [0, 0.1) is 19.7 Å². The van der Waals surface area contributed by atoms with E-state index in [9.17, 15) is 43.5 Å². The lowest BCUT2D eigenvalue weighted by molar-refractivity contribution is -0.172. The van der Waals surface area contributed by atoms with Crippen LogP contribution in [0.3, 0.4) is 0 Å². The normalized spacial score (nSPS) is 18.6. The third-order valence-corrected chi connectivity index (χ3v) is 13.1. The summed E-state index contributed by atoms with van der Waals surface area (Å²) in [6, 6.07) is 8.45. The lowest BCUT2D eigenvalue weighted by Crippen LogP contribution is -2.52. The number of ether oxygens (including phenoxy) is 2. The molecule has 6 amide bonds. The van der Waals surface area contributed by atoms with Crippen molar-refractivity contribution in [1.29, 1.82) is 0 Å². The second-order valence-electron chi connectivity index (χ2n) is 17.4. The average Bonchev–Trinajstić information content (AvgIpc) is 4.00. The Bertz CT molecular complexity index is 2830. The fraction of sp³-hybridized carbons (Fsp3) is 0.426. The maximum absolute atomic E-state index is 15.5. The number of halogens is 1. The van der Waals surface area contributed by atoms with E-state index in [1.54, 1.807) is 51.1 Å². The molecule has 2 aliphatic carbocycles. The maximum atomic E-state index is 15.5. The van der Waals surface area contributed by atoms with Gasteiger partial charge < -0.3 is 51.0 Å². The van der Waals surface area contributed by atoms with Crippen molar-refractivity contribution in [3.05, 3.63) is 97.1 Å². The van der Waals surface area contributed by atoms with E-state index in [4.69, 9.17) is 14.5 Å². The van der Waals surface area contributed by atoms with Crippen molar-refractivity contribution in [3.8, 4) is 11.4 Å². The van der Waals surface area contributed by atoms with Crippen molar-refractivity contribution in [3.63, 3.8) is 0 Å². The molecule has 0 bridgehead atoms. The molecule has 4 aliphatic rings. The van der Waals surface area contributed by atoms with E-state index >= 15 is 4.39 Å². The van der Waals surface area contributed by atoms with Gasteiger partial charge in [-0.25, -0.2) is 14.2 Å². The smallest absolute Gasteiger partial charge is 0.343 e. The van der Waals surface area contributed by atoms with Crippen LogP contribution >= 0.6 is 0 Å². The number of fused-ring (bicyclic) bond motifs is 5. The topological polar surface area (TPSA) is 265 Å². The average molecular weight is 923 g/mol. The molecule has 67 heavy (non-hydrogen) atoms. The number of rotatable bonds is 16. The van der Waals surface area contributed by atoms with E-state index in [-0.39, 0.29) is 50.4 Å². The number of hydrogen-bond acceptors (Lipinski definition) is 12. The summed E-state index contributed by atoms with van der Waals surface area (Å²) >= 11 is 0. The predicted molar refractivity (Wildman–Crippen MR) is 236 cm³/mol. The highest BCUT2D eigenvalue weighted by molar-refractivity contribution is 5.96. The Kier molecular flexibility index (Phi) is 12.7. The Hall–Kier alpha value is -7.06. The van der Waals surface area contributed by atoms with Gasteiger partial charge in [-0.05, 0) is 73.8 Å². The zero-order valence-electron chi connectivity index (χ0n) is 37.4. The van der Waals surface area contributed by atoms with Crippen molar-refractivity contribution in [2.45, 2.75) is 103 Å². The first-order valence-corrected chi connectivity index (χ1v) is 22.1. The van der Waals surface area contributed by atoms with Gasteiger partial charge in [-0.1, -0.05) is 37.3 Å². The Morgan fingerprint density at radius 1 is 0.940 bits per heavy atom. The molecule has 2 aromatic carbocycles. The van der Waals surface area contributed by atoms with Gasteiger partial charge in [-0.2, -0.15) is 0 Å². The summed E-state index contributed by atoms with van der Waals surface area (Å²) in [6.45, 7) is 4.39. The molecule has 3 atom stereocenters.